The Labute approximate surface area is 226 Å². The Bertz CT molecular complexity index is 1530. The zero-order valence-electron chi connectivity index (χ0n) is 21.4. The molecule has 1 heterocycles. The lowest BCUT2D eigenvalue weighted by atomic mass is 10.1. The smallest absolute Gasteiger partial charge is 0.289 e. The maximum atomic E-state index is 13.4. The molecule has 196 valence electrons. The maximum absolute atomic E-state index is 13.4. The van der Waals surface area contributed by atoms with E-state index in [4.69, 9.17) is 14.9 Å². The van der Waals surface area contributed by atoms with Crippen LogP contribution >= 0.6 is 0 Å². The van der Waals surface area contributed by atoms with E-state index in [0.717, 1.165) is 10.9 Å². The minimum atomic E-state index is -0.261. The van der Waals surface area contributed by atoms with E-state index < -0.39 is 0 Å². The number of anilines is 2. The second-order valence-corrected chi connectivity index (χ2v) is 9.09. The minimum Gasteiger partial charge on any atom is -0.492 e. The van der Waals surface area contributed by atoms with Gasteiger partial charge in [0.1, 0.15) is 17.9 Å². The molecule has 1 aromatic heterocycles. The van der Waals surface area contributed by atoms with Crippen LogP contribution in [0.2, 0.25) is 0 Å². The number of nitrogens with zero attached hydrogens (tertiary/aromatic N) is 1. The van der Waals surface area contributed by atoms with Gasteiger partial charge in [-0.2, -0.15) is 0 Å². The molecule has 0 fully saturated rings. The van der Waals surface area contributed by atoms with Gasteiger partial charge >= 0.3 is 0 Å². The van der Waals surface area contributed by atoms with E-state index in [2.05, 4.69) is 5.32 Å². The van der Waals surface area contributed by atoms with E-state index in [1.807, 2.05) is 66.7 Å². The molecule has 0 saturated heterocycles. The Hall–Kier alpha value is -5.04. The van der Waals surface area contributed by atoms with Crippen molar-refractivity contribution in [1.82, 2.24) is 4.90 Å². The highest BCUT2D eigenvalue weighted by atomic mass is 16.5. The maximum Gasteiger partial charge on any atom is 0.289 e. The number of nitrogens with two attached hydrogens (primary N) is 1. The molecular formula is C32H29N3O4. The predicted octanol–water partition coefficient (Wildman–Crippen LogP) is 6.03. The quantitative estimate of drug-likeness (QED) is 0.220. The van der Waals surface area contributed by atoms with Gasteiger partial charge in [-0.1, -0.05) is 60.7 Å². The normalized spacial score (nSPS) is 10.8. The van der Waals surface area contributed by atoms with Crippen molar-refractivity contribution in [3.63, 3.8) is 0 Å². The first-order chi connectivity index (χ1) is 19.1. The molecule has 0 radical (unpaired) electrons. The molecule has 0 spiro atoms. The molecule has 7 nitrogen and oxygen atoms in total. The first kappa shape index (κ1) is 25.6. The summed E-state index contributed by atoms with van der Waals surface area (Å²) in [7, 11) is 0. The Kier molecular flexibility index (Phi) is 7.88. The molecule has 2 amide bonds. The number of hydrogen-bond donors (Lipinski definition) is 2. The molecule has 0 aliphatic rings. The van der Waals surface area contributed by atoms with E-state index >= 15 is 0 Å². The van der Waals surface area contributed by atoms with E-state index in [1.54, 1.807) is 47.4 Å². The third-order valence-corrected chi connectivity index (χ3v) is 6.39. The molecule has 7 heteroatoms. The van der Waals surface area contributed by atoms with Crippen molar-refractivity contribution in [2.75, 3.05) is 30.7 Å². The first-order valence-corrected chi connectivity index (χ1v) is 12.8. The third kappa shape index (κ3) is 6.45. The van der Waals surface area contributed by atoms with Crippen LogP contribution in [0, 0.1) is 0 Å². The molecule has 4 aromatic carbocycles. The van der Waals surface area contributed by atoms with E-state index in [1.165, 1.54) is 0 Å². The van der Waals surface area contributed by atoms with E-state index in [9.17, 15) is 9.59 Å². The highest BCUT2D eigenvalue weighted by Gasteiger charge is 2.20. The van der Waals surface area contributed by atoms with E-state index in [-0.39, 0.29) is 18.4 Å². The van der Waals surface area contributed by atoms with Crippen LogP contribution in [0.5, 0.6) is 5.75 Å². The van der Waals surface area contributed by atoms with Crippen molar-refractivity contribution in [1.29, 1.82) is 0 Å². The number of ether oxygens (including phenoxy) is 1. The van der Waals surface area contributed by atoms with Crippen LogP contribution in [0.4, 0.5) is 11.4 Å². The van der Waals surface area contributed by atoms with Crippen molar-refractivity contribution in [3.8, 4) is 5.75 Å². The van der Waals surface area contributed by atoms with Gasteiger partial charge in [0.25, 0.3) is 11.8 Å². The minimum absolute atomic E-state index is 0.182. The summed E-state index contributed by atoms with van der Waals surface area (Å²) in [4.78, 5) is 27.7. The van der Waals surface area contributed by atoms with Gasteiger partial charge in [-0.25, -0.2) is 0 Å². The van der Waals surface area contributed by atoms with Crippen LogP contribution in [0.15, 0.2) is 114 Å². The van der Waals surface area contributed by atoms with Crippen LogP contribution in [-0.2, 0) is 6.42 Å². The lowest BCUT2D eigenvalue weighted by molar-refractivity contribution is 0.0702. The fourth-order valence-electron chi connectivity index (χ4n) is 4.25. The zero-order valence-corrected chi connectivity index (χ0v) is 21.4. The van der Waals surface area contributed by atoms with Gasteiger partial charge in [0, 0.05) is 17.5 Å². The van der Waals surface area contributed by atoms with Gasteiger partial charge < -0.3 is 25.1 Å². The summed E-state index contributed by atoms with van der Waals surface area (Å²) in [5.74, 6) is 0.463. The topological polar surface area (TPSA) is 97.8 Å². The molecule has 0 atom stereocenters. The molecular weight excluding hydrogens is 490 g/mol. The number of benzene rings is 4. The molecule has 5 aromatic rings. The Morgan fingerprint density at radius 3 is 2.31 bits per heavy atom. The van der Waals surface area contributed by atoms with Gasteiger partial charge in [0.2, 0.25) is 0 Å². The fourth-order valence-corrected chi connectivity index (χ4v) is 4.25. The number of nitrogens with one attached hydrogen (secondary N) is 1. The summed E-state index contributed by atoms with van der Waals surface area (Å²) < 4.78 is 11.8. The van der Waals surface area contributed by atoms with Crippen LogP contribution in [0.1, 0.15) is 26.5 Å². The molecule has 5 rings (SSSR count). The van der Waals surface area contributed by atoms with Gasteiger partial charge in [0.05, 0.1) is 17.9 Å². The molecule has 0 aliphatic heterocycles. The molecule has 0 bridgehead atoms. The summed E-state index contributed by atoms with van der Waals surface area (Å²) in [5.41, 5.74) is 9.28. The van der Waals surface area contributed by atoms with Crippen molar-refractivity contribution in [2.24, 2.45) is 0 Å². The predicted molar refractivity (Wildman–Crippen MR) is 153 cm³/mol. The van der Waals surface area contributed by atoms with Crippen LogP contribution < -0.4 is 15.8 Å². The van der Waals surface area contributed by atoms with E-state index in [0.29, 0.717) is 53.5 Å². The number of para-hydroxylation sites is 3. The molecule has 39 heavy (non-hydrogen) atoms. The van der Waals surface area contributed by atoms with Gasteiger partial charge in [0.15, 0.2) is 5.76 Å². The van der Waals surface area contributed by atoms with Crippen molar-refractivity contribution < 1.29 is 18.7 Å². The Balaban J connectivity index is 1.22. The second-order valence-electron chi connectivity index (χ2n) is 9.09. The van der Waals surface area contributed by atoms with Crippen molar-refractivity contribution in [3.05, 3.63) is 126 Å². The highest BCUT2D eigenvalue weighted by molar-refractivity contribution is 6.05. The Morgan fingerprint density at radius 2 is 1.54 bits per heavy atom. The lowest BCUT2D eigenvalue weighted by Crippen LogP contribution is -2.36. The summed E-state index contributed by atoms with van der Waals surface area (Å²) in [6.45, 7) is 1.18. The molecule has 0 saturated carbocycles. The molecule has 0 unspecified atom stereocenters. The van der Waals surface area contributed by atoms with Gasteiger partial charge in [-0.05, 0) is 60.5 Å². The monoisotopic (exact) mass is 519 g/mol. The summed E-state index contributed by atoms with van der Waals surface area (Å²) in [5, 5.41) is 3.70. The number of rotatable bonds is 10. The Morgan fingerprint density at radius 1 is 0.821 bits per heavy atom. The van der Waals surface area contributed by atoms with Crippen LogP contribution in [-0.4, -0.2) is 36.4 Å². The number of hydrogen-bond acceptors (Lipinski definition) is 5. The lowest BCUT2D eigenvalue weighted by Gasteiger charge is -2.22. The number of carbonyl (C=O) groups is 2. The zero-order chi connectivity index (χ0) is 27.0. The summed E-state index contributed by atoms with van der Waals surface area (Å²) >= 11 is 0. The third-order valence-electron chi connectivity index (χ3n) is 6.39. The van der Waals surface area contributed by atoms with Crippen LogP contribution in [0.3, 0.4) is 0 Å². The molecule has 0 aliphatic carbocycles. The number of nitrogen functional groups attached to an aromatic ring is 1. The number of carbonyl (C=O) groups excluding carboxylic acids is 2. The second kappa shape index (κ2) is 12.0. The van der Waals surface area contributed by atoms with Gasteiger partial charge in [-0.3, -0.25) is 9.59 Å². The van der Waals surface area contributed by atoms with Crippen molar-refractivity contribution >= 4 is 34.2 Å². The largest absolute Gasteiger partial charge is 0.492 e. The number of furan rings is 1. The van der Waals surface area contributed by atoms with Gasteiger partial charge in [-0.15, -0.1) is 0 Å². The highest BCUT2D eigenvalue weighted by Crippen LogP contribution is 2.21. The SMILES string of the molecule is Nc1ccccc1NC(=O)c1ccc(OCCN(CCc2ccccc2)C(=O)c2cc3ccccc3o2)cc1. The first-order valence-electron chi connectivity index (χ1n) is 12.8. The standard InChI is InChI=1S/C32H29N3O4/c33-27-11-5-6-12-28(27)34-31(36)24-14-16-26(17-15-24)38-21-20-35(19-18-23-8-2-1-3-9-23)32(37)30-22-25-10-4-7-13-29(25)39-30/h1-17,22H,18-21,33H2,(H,34,36). The summed E-state index contributed by atoms with van der Waals surface area (Å²) in [6, 6.07) is 33.3. The van der Waals surface area contributed by atoms with Crippen LogP contribution in [0.25, 0.3) is 11.0 Å². The average Bonchev–Trinajstić information content (AvgIpc) is 3.41. The number of amides is 2. The molecule has 3 N–H and O–H groups in total. The average molecular weight is 520 g/mol. The summed E-state index contributed by atoms with van der Waals surface area (Å²) in [6.07, 6.45) is 0.711. The number of fused-ring (bicyclic) bond motifs is 1. The fraction of sp³-hybridized carbons (Fsp3) is 0.125. The van der Waals surface area contributed by atoms with Crippen molar-refractivity contribution in [2.45, 2.75) is 6.42 Å².